The zero-order chi connectivity index (χ0) is 19.0. The van der Waals surface area contributed by atoms with Gasteiger partial charge in [-0.3, -0.25) is 4.98 Å². The van der Waals surface area contributed by atoms with E-state index in [1.165, 1.54) is 125 Å². The van der Waals surface area contributed by atoms with Gasteiger partial charge in [0, 0.05) is 11.6 Å². The van der Waals surface area contributed by atoms with Gasteiger partial charge in [0.1, 0.15) is 4.83 Å². The highest BCUT2D eigenvalue weighted by atomic mass is 32.1. The van der Waals surface area contributed by atoms with E-state index in [1.54, 1.807) is 0 Å². The third-order valence-electron chi connectivity index (χ3n) is 7.03. The molecule has 0 saturated heterocycles. The molecule has 2 aromatic heterocycles. The Morgan fingerprint density at radius 1 is 0.679 bits per heavy atom. The van der Waals surface area contributed by atoms with E-state index in [0.29, 0.717) is 5.92 Å². The fraction of sp³-hybridized carbons (Fsp3) is 0.750. The van der Waals surface area contributed by atoms with Crippen LogP contribution in [0.2, 0.25) is 5.82 Å². The molecule has 2 fully saturated rings. The monoisotopic (exact) mass is 396 g/mol. The Hall–Kier alpha value is -0.895. The zero-order valence-electron chi connectivity index (χ0n) is 17.6. The molecule has 2 aromatic rings. The van der Waals surface area contributed by atoms with E-state index in [9.17, 15) is 0 Å². The molecule has 0 spiro atoms. The lowest BCUT2D eigenvalue weighted by molar-refractivity contribution is 0.458. The van der Waals surface area contributed by atoms with Crippen molar-refractivity contribution in [3.63, 3.8) is 0 Å². The van der Waals surface area contributed by atoms with Crippen molar-refractivity contribution in [3.8, 4) is 0 Å². The molecule has 28 heavy (non-hydrogen) atoms. The molecule has 2 aliphatic carbocycles. The van der Waals surface area contributed by atoms with Gasteiger partial charge in [-0.15, -0.1) is 11.3 Å². The highest BCUT2D eigenvalue weighted by Crippen LogP contribution is 2.31. The molecule has 2 aliphatic rings. The van der Waals surface area contributed by atoms with Crippen molar-refractivity contribution in [1.82, 2.24) is 9.97 Å². The number of rotatable bonds is 3. The number of hydrogen-bond donors (Lipinski definition) is 0. The van der Waals surface area contributed by atoms with Gasteiger partial charge in [-0.2, -0.15) is 0 Å². The van der Waals surface area contributed by atoms with Crippen molar-refractivity contribution in [2.24, 2.45) is 0 Å². The Morgan fingerprint density at radius 2 is 1.25 bits per heavy atom. The van der Waals surface area contributed by atoms with Crippen LogP contribution >= 0.6 is 11.3 Å². The van der Waals surface area contributed by atoms with Crippen molar-refractivity contribution >= 4 is 33.9 Å². The summed E-state index contributed by atoms with van der Waals surface area (Å²) in [4.78, 5) is 12.6. The average molecular weight is 396 g/mol. The van der Waals surface area contributed by atoms with Gasteiger partial charge in [0.05, 0.1) is 10.4 Å². The van der Waals surface area contributed by atoms with E-state index >= 15 is 0 Å². The van der Waals surface area contributed by atoms with Crippen LogP contribution in [0.1, 0.15) is 114 Å². The first kappa shape index (κ1) is 20.4. The molecule has 0 amide bonds. The van der Waals surface area contributed by atoms with Crippen LogP contribution < -0.4 is 4.91 Å². The van der Waals surface area contributed by atoms with Gasteiger partial charge < -0.3 is 0 Å². The average Bonchev–Trinajstić information content (AvgIpc) is 3.09. The van der Waals surface area contributed by atoms with Crippen molar-refractivity contribution < 1.29 is 0 Å². The van der Waals surface area contributed by atoms with E-state index < -0.39 is 0 Å². The van der Waals surface area contributed by atoms with Crippen LogP contribution in [0.4, 0.5) is 0 Å². The Bertz CT molecular complexity index is 710. The maximum absolute atomic E-state index is 5.13. The predicted octanol–water partition coefficient (Wildman–Crippen LogP) is 6.89. The number of hydrogen-bond acceptors (Lipinski definition) is 3. The number of pyridine rings is 1. The van der Waals surface area contributed by atoms with Crippen LogP contribution in [0.3, 0.4) is 0 Å². The number of thiazole rings is 1. The Balaban J connectivity index is 1.44. The van der Waals surface area contributed by atoms with Gasteiger partial charge in [-0.25, -0.2) is 4.98 Å². The lowest BCUT2D eigenvalue weighted by Crippen LogP contribution is -2.19. The Morgan fingerprint density at radius 3 is 1.89 bits per heavy atom. The summed E-state index contributed by atoms with van der Waals surface area (Å²) in [5.41, 5.74) is 2.48. The summed E-state index contributed by atoms with van der Waals surface area (Å²) in [7, 11) is 1.18. The molecule has 0 aromatic carbocycles. The summed E-state index contributed by atoms with van der Waals surface area (Å²) in [6.45, 7) is 0. The Kier molecular flexibility index (Phi) is 7.83. The van der Waals surface area contributed by atoms with Crippen LogP contribution in [0.25, 0.3) is 10.3 Å². The standard InChI is InChI=1S/C24H37BN2S/c1-2-5-9-13-19(14-10-6-3-1)21-17-18-22-23(26-21)28-24(27-22)25-20-15-11-7-4-8-12-16-20/h17-20,25H,1-16H2. The minimum atomic E-state index is 0.665. The van der Waals surface area contributed by atoms with Crippen LogP contribution in [0.15, 0.2) is 12.1 Å². The van der Waals surface area contributed by atoms with Crippen molar-refractivity contribution in [3.05, 3.63) is 17.8 Å². The lowest BCUT2D eigenvalue weighted by Gasteiger charge is -2.18. The highest BCUT2D eigenvalue weighted by Gasteiger charge is 2.19. The Labute approximate surface area is 176 Å². The van der Waals surface area contributed by atoms with Gasteiger partial charge >= 0.3 is 0 Å². The van der Waals surface area contributed by atoms with E-state index in [0.717, 1.165) is 11.3 Å². The van der Waals surface area contributed by atoms with Crippen LogP contribution in [-0.2, 0) is 0 Å². The molecule has 0 atom stereocenters. The van der Waals surface area contributed by atoms with Crippen molar-refractivity contribution in [2.45, 2.75) is 114 Å². The summed E-state index contributed by atoms with van der Waals surface area (Å²) < 4.78 is 0. The largest absolute Gasteiger partial charge is 0.250 e. The smallest absolute Gasteiger partial charge is 0.199 e. The third-order valence-corrected chi connectivity index (χ3v) is 8.02. The topological polar surface area (TPSA) is 25.8 Å². The number of fused-ring (bicyclic) bond motifs is 1. The predicted molar refractivity (Wildman–Crippen MR) is 125 cm³/mol. The van der Waals surface area contributed by atoms with Crippen LogP contribution in [0.5, 0.6) is 0 Å². The summed E-state index contributed by atoms with van der Waals surface area (Å²) in [6.07, 6.45) is 22.5. The first-order valence-electron chi connectivity index (χ1n) is 12.1. The molecular weight excluding hydrogens is 359 g/mol. The second kappa shape index (κ2) is 10.8. The quantitative estimate of drug-likeness (QED) is 0.528. The lowest BCUT2D eigenvalue weighted by atomic mass is 9.60. The highest BCUT2D eigenvalue weighted by molar-refractivity contribution is 7.26. The van der Waals surface area contributed by atoms with Gasteiger partial charge in [0.15, 0.2) is 7.28 Å². The first-order valence-corrected chi connectivity index (χ1v) is 13.0. The number of nitrogens with zero attached hydrogens (tertiary/aromatic N) is 2. The minimum Gasteiger partial charge on any atom is -0.250 e. The summed E-state index contributed by atoms with van der Waals surface area (Å²) >= 11 is 1.88. The van der Waals surface area contributed by atoms with E-state index in [2.05, 4.69) is 12.1 Å². The number of aromatic nitrogens is 2. The molecule has 0 bridgehead atoms. The molecular formula is C24H37BN2S. The molecule has 2 saturated carbocycles. The summed E-state index contributed by atoms with van der Waals surface area (Å²) in [6, 6.07) is 4.55. The SMILES string of the molecule is B(c1nc2ccc(C3CCCCCCCCC3)nc2s1)C1CCCCCCC1. The third kappa shape index (κ3) is 5.81. The fourth-order valence-electron chi connectivity index (χ4n) is 5.29. The molecule has 0 radical (unpaired) electrons. The van der Waals surface area contributed by atoms with E-state index in [-0.39, 0.29) is 0 Å². The zero-order valence-corrected chi connectivity index (χ0v) is 18.4. The van der Waals surface area contributed by atoms with Gasteiger partial charge in [-0.05, 0) is 25.0 Å². The van der Waals surface area contributed by atoms with Crippen LogP contribution in [0, 0.1) is 0 Å². The molecule has 152 valence electrons. The fourth-order valence-corrected chi connectivity index (χ4v) is 6.34. The van der Waals surface area contributed by atoms with Gasteiger partial charge in [0.25, 0.3) is 0 Å². The molecule has 4 rings (SSSR count). The molecule has 2 nitrogen and oxygen atoms in total. The van der Waals surface area contributed by atoms with E-state index in [1.807, 2.05) is 11.3 Å². The minimum absolute atomic E-state index is 0.665. The molecule has 0 N–H and O–H groups in total. The van der Waals surface area contributed by atoms with Crippen molar-refractivity contribution in [1.29, 1.82) is 0 Å². The van der Waals surface area contributed by atoms with Gasteiger partial charge in [0.2, 0.25) is 0 Å². The summed E-state index contributed by atoms with van der Waals surface area (Å²) in [5, 5.41) is 0. The van der Waals surface area contributed by atoms with Crippen molar-refractivity contribution in [2.75, 3.05) is 0 Å². The van der Waals surface area contributed by atoms with E-state index in [4.69, 9.17) is 9.97 Å². The molecule has 4 heteroatoms. The summed E-state index contributed by atoms with van der Waals surface area (Å²) in [5.74, 6) is 1.51. The van der Waals surface area contributed by atoms with Gasteiger partial charge in [-0.1, -0.05) is 95.7 Å². The second-order valence-corrected chi connectivity index (χ2v) is 10.4. The molecule has 0 unspecified atom stereocenters. The second-order valence-electron chi connectivity index (χ2n) is 9.33. The first-order chi connectivity index (χ1) is 13.9. The maximum Gasteiger partial charge on any atom is 0.199 e. The molecule has 2 heterocycles. The molecule has 0 aliphatic heterocycles. The maximum atomic E-state index is 5.13. The van der Waals surface area contributed by atoms with Crippen LogP contribution in [-0.4, -0.2) is 17.2 Å². The normalized spacial score (nSPS) is 21.9.